The number of hydrogen-bond donors (Lipinski definition) is 1. The second kappa shape index (κ2) is 6.95. The summed E-state index contributed by atoms with van der Waals surface area (Å²) in [6, 6.07) is 7.15. The third-order valence-electron chi connectivity index (χ3n) is 3.69. The zero-order chi connectivity index (χ0) is 19.8. The molecule has 0 fully saturated rings. The van der Waals surface area contributed by atoms with Crippen molar-refractivity contribution in [3.05, 3.63) is 63.0 Å². The molecule has 7 nitrogen and oxygen atoms in total. The Kier molecular flexibility index (Phi) is 4.83. The molecule has 0 amide bonds. The minimum absolute atomic E-state index is 0.0257. The Morgan fingerprint density at radius 3 is 2.56 bits per heavy atom. The van der Waals surface area contributed by atoms with Crippen molar-refractivity contribution >= 4 is 11.6 Å². The van der Waals surface area contributed by atoms with Gasteiger partial charge in [-0.2, -0.15) is 22.5 Å². The summed E-state index contributed by atoms with van der Waals surface area (Å²) in [4.78, 5) is 12.1. The summed E-state index contributed by atoms with van der Waals surface area (Å²) in [5.74, 6) is -0.0428. The molecule has 0 unspecified atom stereocenters. The zero-order valence-electron chi connectivity index (χ0n) is 13.7. The second-order valence-electron chi connectivity index (χ2n) is 5.50. The Labute approximate surface area is 155 Å². The number of aromatic nitrogens is 4. The van der Waals surface area contributed by atoms with E-state index >= 15 is 0 Å². The summed E-state index contributed by atoms with van der Waals surface area (Å²) < 4.78 is 47.4. The molecule has 0 saturated carbocycles. The van der Waals surface area contributed by atoms with E-state index in [2.05, 4.69) is 10.4 Å². The monoisotopic (exact) mass is 400 g/mol. The van der Waals surface area contributed by atoms with Gasteiger partial charge in [0.1, 0.15) is 18.1 Å². The van der Waals surface area contributed by atoms with Crippen LogP contribution in [-0.4, -0.2) is 24.9 Å². The average Bonchev–Trinajstić information content (AvgIpc) is 2.92. The number of phenolic OH excluding ortho intramolecular Hbond substituents is 1. The van der Waals surface area contributed by atoms with E-state index in [0.29, 0.717) is 0 Å². The van der Waals surface area contributed by atoms with E-state index in [0.717, 1.165) is 21.5 Å². The van der Waals surface area contributed by atoms with Crippen LogP contribution in [0, 0.1) is 0 Å². The van der Waals surface area contributed by atoms with Crippen LogP contribution in [0.25, 0.3) is 5.69 Å². The van der Waals surface area contributed by atoms with Gasteiger partial charge in [-0.3, -0.25) is 0 Å². The minimum atomic E-state index is -4.68. The van der Waals surface area contributed by atoms with Gasteiger partial charge in [0.15, 0.2) is 0 Å². The molecule has 27 heavy (non-hydrogen) atoms. The molecule has 3 aromatic rings. The van der Waals surface area contributed by atoms with Crippen molar-refractivity contribution in [2.24, 2.45) is 7.05 Å². The normalized spacial score (nSPS) is 11.6. The van der Waals surface area contributed by atoms with E-state index in [4.69, 9.17) is 16.3 Å². The molecule has 142 valence electrons. The van der Waals surface area contributed by atoms with Gasteiger partial charge in [-0.05, 0) is 34.7 Å². The number of ether oxygens (including phenoxy) is 1. The highest BCUT2D eigenvalue weighted by atomic mass is 35.5. The number of halogens is 4. The maximum absolute atomic E-state index is 13.5. The highest BCUT2D eigenvalue weighted by Gasteiger charge is 2.35. The van der Waals surface area contributed by atoms with Crippen molar-refractivity contribution in [1.29, 1.82) is 0 Å². The Hall–Kier alpha value is -3.01. The number of aryl methyl sites for hydroxylation is 1. The van der Waals surface area contributed by atoms with Gasteiger partial charge >= 0.3 is 11.9 Å². The molecule has 1 aromatic heterocycles. The van der Waals surface area contributed by atoms with E-state index < -0.39 is 24.0 Å². The predicted octanol–water partition coefficient (Wildman–Crippen LogP) is 2.92. The van der Waals surface area contributed by atoms with Crippen LogP contribution in [-0.2, 0) is 19.8 Å². The van der Waals surface area contributed by atoms with Crippen LogP contribution in [0.15, 0.2) is 41.2 Å². The fraction of sp³-hybridized carbons (Fsp3) is 0.188. The first-order valence-electron chi connectivity index (χ1n) is 7.48. The van der Waals surface area contributed by atoms with Gasteiger partial charge in [-0.15, -0.1) is 0 Å². The van der Waals surface area contributed by atoms with Crippen LogP contribution in [0.4, 0.5) is 13.2 Å². The van der Waals surface area contributed by atoms with Crippen molar-refractivity contribution in [2.75, 3.05) is 0 Å². The third kappa shape index (κ3) is 3.75. The average molecular weight is 401 g/mol. The number of phenols is 1. The molecule has 3 rings (SSSR count). The maximum atomic E-state index is 13.5. The Bertz CT molecular complexity index is 1050. The first-order chi connectivity index (χ1) is 12.7. The lowest BCUT2D eigenvalue weighted by molar-refractivity contribution is -0.138. The first kappa shape index (κ1) is 18.8. The van der Waals surface area contributed by atoms with Crippen molar-refractivity contribution in [1.82, 2.24) is 19.8 Å². The molecule has 0 aliphatic rings. The van der Waals surface area contributed by atoms with Crippen LogP contribution in [0.3, 0.4) is 0 Å². The van der Waals surface area contributed by atoms with Crippen LogP contribution in [0.5, 0.6) is 11.5 Å². The molecule has 1 heterocycles. The van der Waals surface area contributed by atoms with E-state index in [9.17, 15) is 23.1 Å². The van der Waals surface area contributed by atoms with Gasteiger partial charge < -0.3 is 9.84 Å². The molecule has 0 aliphatic heterocycles. The van der Waals surface area contributed by atoms with Gasteiger partial charge in [0.25, 0.3) is 0 Å². The zero-order valence-corrected chi connectivity index (χ0v) is 14.5. The summed E-state index contributed by atoms with van der Waals surface area (Å²) >= 11 is 5.92. The quantitative estimate of drug-likeness (QED) is 0.728. The summed E-state index contributed by atoms with van der Waals surface area (Å²) in [5.41, 5.74) is -2.11. The molecule has 0 spiro atoms. The van der Waals surface area contributed by atoms with E-state index in [-0.39, 0.29) is 27.8 Å². The minimum Gasteiger partial charge on any atom is -0.508 e. The largest absolute Gasteiger partial charge is 0.508 e. The second-order valence-corrected chi connectivity index (χ2v) is 5.91. The molecule has 11 heteroatoms. The summed E-state index contributed by atoms with van der Waals surface area (Å²) in [7, 11) is 1.33. The first-order valence-corrected chi connectivity index (χ1v) is 7.86. The van der Waals surface area contributed by atoms with Crippen molar-refractivity contribution in [3.63, 3.8) is 0 Å². The van der Waals surface area contributed by atoms with Gasteiger partial charge in [0, 0.05) is 18.7 Å². The molecule has 0 saturated heterocycles. The Morgan fingerprint density at radius 2 is 1.96 bits per heavy atom. The molecule has 0 atom stereocenters. The highest BCUT2D eigenvalue weighted by Crippen LogP contribution is 2.35. The van der Waals surface area contributed by atoms with Crippen molar-refractivity contribution < 1.29 is 23.0 Å². The van der Waals surface area contributed by atoms with Gasteiger partial charge in [0.2, 0.25) is 0 Å². The number of rotatable bonds is 4. The Balaban J connectivity index is 2.08. The third-order valence-corrected chi connectivity index (χ3v) is 3.99. The van der Waals surface area contributed by atoms with Crippen LogP contribution < -0.4 is 10.4 Å². The topological polar surface area (TPSA) is 82.2 Å². The summed E-state index contributed by atoms with van der Waals surface area (Å²) in [5, 5.41) is 16.5. The molecule has 0 aliphatic carbocycles. The number of nitrogens with zero attached hydrogens (tertiary/aromatic N) is 4. The van der Waals surface area contributed by atoms with Crippen molar-refractivity contribution in [3.8, 4) is 17.2 Å². The van der Waals surface area contributed by atoms with Crippen molar-refractivity contribution in [2.45, 2.75) is 12.8 Å². The number of alkyl halides is 3. The molecular formula is C16H12ClF3N4O3. The van der Waals surface area contributed by atoms with Gasteiger partial charge in [-0.1, -0.05) is 17.7 Å². The highest BCUT2D eigenvalue weighted by molar-refractivity contribution is 6.32. The van der Waals surface area contributed by atoms with Gasteiger partial charge in [-0.25, -0.2) is 4.79 Å². The number of hydrogen-bond acceptors (Lipinski definition) is 5. The van der Waals surface area contributed by atoms with Crippen LogP contribution >= 0.6 is 11.6 Å². The maximum Gasteiger partial charge on any atom is 0.416 e. The molecule has 0 bridgehead atoms. The fourth-order valence-electron chi connectivity index (χ4n) is 2.41. The lowest BCUT2D eigenvalue weighted by Crippen LogP contribution is -2.24. The molecule has 2 aromatic carbocycles. The predicted molar refractivity (Wildman–Crippen MR) is 89.1 cm³/mol. The number of aromatic hydroxyl groups is 1. The van der Waals surface area contributed by atoms with E-state index in [1.54, 1.807) is 0 Å². The summed E-state index contributed by atoms with van der Waals surface area (Å²) in [6.45, 7) is -0.543. The molecule has 0 radical (unpaired) electrons. The van der Waals surface area contributed by atoms with E-state index in [1.165, 1.54) is 31.3 Å². The van der Waals surface area contributed by atoms with E-state index in [1.807, 2.05) is 0 Å². The Morgan fingerprint density at radius 1 is 1.22 bits per heavy atom. The molecule has 1 N–H and O–H groups in total. The lowest BCUT2D eigenvalue weighted by Gasteiger charge is -2.17. The summed E-state index contributed by atoms with van der Waals surface area (Å²) in [6.07, 6.45) is -4.68. The number of tetrazole rings is 1. The lowest BCUT2D eigenvalue weighted by atomic mass is 10.1. The molecular weight excluding hydrogens is 389 g/mol. The van der Waals surface area contributed by atoms with Crippen LogP contribution in [0.1, 0.15) is 11.1 Å². The smallest absolute Gasteiger partial charge is 0.416 e. The van der Waals surface area contributed by atoms with Crippen LogP contribution in [0.2, 0.25) is 5.02 Å². The van der Waals surface area contributed by atoms with Gasteiger partial charge in [0.05, 0.1) is 16.3 Å². The SMILES string of the molecule is Cn1nnn(-c2cccc(C(F)(F)F)c2COc2ccc(O)cc2Cl)c1=O. The fourth-order valence-corrected chi connectivity index (χ4v) is 2.64. The number of benzene rings is 2. The standard InChI is InChI=1S/C16H12ClF3N4O3/c1-23-15(26)24(22-21-23)13-4-2-3-11(16(18,19)20)10(13)8-27-14-6-5-9(25)7-12(14)17/h2-7,25H,8H2,1H3.